The van der Waals surface area contributed by atoms with Gasteiger partial charge in [-0.1, -0.05) is 25.1 Å². The number of benzene rings is 1. The zero-order valence-electron chi connectivity index (χ0n) is 14.2. The zero-order chi connectivity index (χ0) is 16.8. The minimum absolute atomic E-state index is 0. The van der Waals surface area contributed by atoms with Gasteiger partial charge in [-0.15, -0.1) is 12.4 Å². The lowest BCUT2D eigenvalue weighted by atomic mass is 9.85. The van der Waals surface area contributed by atoms with Gasteiger partial charge in [0.2, 0.25) is 5.91 Å². The molecule has 0 spiro atoms. The van der Waals surface area contributed by atoms with Gasteiger partial charge >= 0.3 is 0 Å². The molecule has 2 rings (SSSR count). The van der Waals surface area contributed by atoms with Gasteiger partial charge in [0.05, 0.1) is 11.5 Å². The summed E-state index contributed by atoms with van der Waals surface area (Å²) in [5, 5.41) is 14.4. The largest absolute Gasteiger partial charge is 0.341 e. The SMILES string of the molecule is CC(CC(=O)N(C)Cc1ccccc1[N+](=O)[O-])C1CCCNC1.Cl. The van der Waals surface area contributed by atoms with Crippen LogP contribution in [0.15, 0.2) is 24.3 Å². The molecule has 1 aliphatic rings. The van der Waals surface area contributed by atoms with Crippen LogP contribution < -0.4 is 5.32 Å². The molecule has 2 unspecified atom stereocenters. The quantitative estimate of drug-likeness (QED) is 0.628. The maximum Gasteiger partial charge on any atom is 0.274 e. The molecular weight excluding hydrogens is 330 g/mol. The van der Waals surface area contributed by atoms with E-state index in [-0.39, 0.29) is 30.5 Å². The summed E-state index contributed by atoms with van der Waals surface area (Å²) in [6, 6.07) is 6.58. The Kier molecular flexibility index (Phi) is 8.15. The summed E-state index contributed by atoms with van der Waals surface area (Å²) in [6.07, 6.45) is 2.81. The number of rotatable bonds is 6. The molecule has 1 N–H and O–H groups in total. The maximum atomic E-state index is 12.4. The van der Waals surface area contributed by atoms with Gasteiger partial charge in [0.15, 0.2) is 0 Å². The fourth-order valence-corrected chi connectivity index (χ4v) is 3.13. The van der Waals surface area contributed by atoms with Crippen molar-refractivity contribution in [1.29, 1.82) is 0 Å². The average Bonchev–Trinajstić information content (AvgIpc) is 2.55. The molecule has 24 heavy (non-hydrogen) atoms. The average molecular weight is 356 g/mol. The first kappa shape index (κ1) is 20.4. The first-order valence-electron chi connectivity index (χ1n) is 8.16. The van der Waals surface area contributed by atoms with E-state index in [4.69, 9.17) is 0 Å². The summed E-state index contributed by atoms with van der Waals surface area (Å²) in [7, 11) is 1.71. The van der Waals surface area contributed by atoms with Gasteiger partial charge in [-0.25, -0.2) is 0 Å². The Bertz CT molecular complexity index is 562. The van der Waals surface area contributed by atoms with E-state index in [9.17, 15) is 14.9 Å². The van der Waals surface area contributed by atoms with E-state index in [0.29, 0.717) is 23.8 Å². The summed E-state index contributed by atoms with van der Waals surface area (Å²) >= 11 is 0. The predicted molar refractivity (Wildman–Crippen MR) is 96.2 cm³/mol. The highest BCUT2D eigenvalue weighted by atomic mass is 35.5. The molecule has 0 bridgehead atoms. The minimum Gasteiger partial charge on any atom is -0.341 e. The molecule has 1 fully saturated rings. The topological polar surface area (TPSA) is 75.5 Å². The zero-order valence-corrected chi connectivity index (χ0v) is 15.1. The number of nitro benzene ring substituents is 1. The Hall–Kier alpha value is -1.66. The van der Waals surface area contributed by atoms with Crippen molar-refractivity contribution in [2.75, 3.05) is 20.1 Å². The van der Waals surface area contributed by atoms with Crippen molar-refractivity contribution in [3.05, 3.63) is 39.9 Å². The van der Waals surface area contributed by atoms with Crippen LogP contribution >= 0.6 is 12.4 Å². The molecule has 0 saturated carbocycles. The van der Waals surface area contributed by atoms with E-state index in [1.54, 1.807) is 30.1 Å². The van der Waals surface area contributed by atoms with Crippen molar-refractivity contribution in [1.82, 2.24) is 10.2 Å². The van der Waals surface area contributed by atoms with E-state index in [0.717, 1.165) is 25.9 Å². The molecule has 1 amide bonds. The lowest BCUT2D eigenvalue weighted by Crippen LogP contribution is -2.36. The Balaban J connectivity index is 0.00000288. The molecule has 0 aliphatic carbocycles. The lowest BCUT2D eigenvalue weighted by molar-refractivity contribution is -0.385. The van der Waals surface area contributed by atoms with E-state index in [1.807, 2.05) is 0 Å². The van der Waals surface area contributed by atoms with Crippen molar-refractivity contribution in [3.8, 4) is 0 Å². The van der Waals surface area contributed by atoms with Crippen LogP contribution in [0.3, 0.4) is 0 Å². The van der Waals surface area contributed by atoms with Crippen LogP contribution in [0, 0.1) is 22.0 Å². The highest BCUT2D eigenvalue weighted by molar-refractivity contribution is 5.85. The molecule has 2 atom stereocenters. The maximum absolute atomic E-state index is 12.4. The van der Waals surface area contributed by atoms with Gasteiger partial charge in [0.1, 0.15) is 0 Å². The van der Waals surface area contributed by atoms with Crippen LogP contribution in [0.4, 0.5) is 5.69 Å². The van der Waals surface area contributed by atoms with Gasteiger partial charge in [0.25, 0.3) is 5.69 Å². The van der Waals surface area contributed by atoms with Crippen LogP contribution in [0.25, 0.3) is 0 Å². The van der Waals surface area contributed by atoms with Crippen LogP contribution in [0.1, 0.15) is 31.7 Å². The molecule has 134 valence electrons. The third-order valence-electron chi connectivity index (χ3n) is 4.66. The number of halogens is 1. The summed E-state index contributed by atoms with van der Waals surface area (Å²) in [4.78, 5) is 24.7. The molecule has 6 nitrogen and oxygen atoms in total. The van der Waals surface area contributed by atoms with Crippen LogP contribution in [-0.2, 0) is 11.3 Å². The number of carbonyl (C=O) groups excluding carboxylic acids is 1. The highest BCUT2D eigenvalue weighted by Gasteiger charge is 2.24. The number of nitrogens with one attached hydrogen (secondary N) is 1. The molecule has 1 aliphatic heterocycles. The Morgan fingerprint density at radius 1 is 1.46 bits per heavy atom. The summed E-state index contributed by atoms with van der Waals surface area (Å²) in [5.74, 6) is 0.900. The standard InChI is InChI=1S/C17H25N3O3.ClH/c1-13(14-7-5-9-18-11-14)10-17(21)19(2)12-15-6-3-4-8-16(15)20(22)23;/h3-4,6,8,13-14,18H,5,7,9-12H2,1-2H3;1H. The number of amides is 1. The second-order valence-corrected chi connectivity index (χ2v) is 6.42. The highest BCUT2D eigenvalue weighted by Crippen LogP contribution is 2.24. The van der Waals surface area contributed by atoms with Gasteiger partial charge in [0, 0.05) is 25.1 Å². The van der Waals surface area contributed by atoms with Crippen LogP contribution in [0.2, 0.25) is 0 Å². The summed E-state index contributed by atoms with van der Waals surface area (Å²) < 4.78 is 0. The summed E-state index contributed by atoms with van der Waals surface area (Å²) in [5.41, 5.74) is 0.636. The lowest BCUT2D eigenvalue weighted by Gasteiger charge is -2.29. The fourth-order valence-electron chi connectivity index (χ4n) is 3.13. The number of hydrogen-bond donors (Lipinski definition) is 1. The van der Waals surface area contributed by atoms with Crippen molar-refractivity contribution >= 4 is 24.0 Å². The molecule has 1 aromatic rings. The Labute approximate surface area is 149 Å². The third kappa shape index (κ3) is 5.46. The molecule has 0 radical (unpaired) electrons. The van der Waals surface area contributed by atoms with Crippen molar-refractivity contribution < 1.29 is 9.72 Å². The fraction of sp³-hybridized carbons (Fsp3) is 0.588. The molecular formula is C17H26ClN3O3. The van der Waals surface area contributed by atoms with E-state index >= 15 is 0 Å². The van der Waals surface area contributed by atoms with Gasteiger partial charge in [-0.05, 0) is 37.8 Å². The number of nitrogens with zero attached hydrogens (tertiary/aromatic N) is 2. The van der Waals surface area contributed by atoms with Crippen molar-refractivity contribution in [2.45, 2.75) is 32.7 Å². The van der Waals surface area contributed by atoms with Crippen molar-refractivity contribution in [2.24, 2.45) is 11.8 Å². The normalized spacial score (nSPS) is 18.3. The van der Waals surface area contributed by atoms with Crippen LogP contribution in [0.5, 0.6) is 0 Å². The smallest absolute Gasteiger partial charge is 0.274 e. The van der Waals surface area contributed by atoms with Gasteiger partial charge in [-0.3, -0.25) is 14.9 Å². The van der Waals surface area contributed by atoms with E-state index < -0.39 is 4.92 Å². The molecule has 7 heteroatoms. The number of carbonyl (C=O) groups is 1. The van der Waals surface area contributed by atoms with E-state index in [2.05, 4.69) is 12.2 Å². The second-order valence-electron chi connectivity index (χ2n) is 6.42. The molecule has 0 aromatic heterocycles. The van der Waals surface area contributed by atoms with Crippen molar-refractivity contribution in [3.63, 3.8) is 0 Å². The van der Waals surface area contributed by atoms with Gasteiger partial charge in [-0.2, -0.15) is 0 Å². The number of piperidine rings is 1. The van der Waals surface area contributed by atoms with Crippen LogP contribution in [-0.4, -0.2) is 35.9 Å². The predicted octanol–water partition coefficient (Wildman–Crippen LogP) is 3.00. The van der Waals surface area contributed by atoms with E-state index in [1.165, 1.54) is 6.07 Å². The number of hydrogen-bond acceptors (Lipinski definition) is 4. The molecule has 1 aromatic carbocycles. The Morgan fingerprint density at radius 3 is 2.79 bits per heavy atom. The molecule has 1 heterocycles. The Morgan fingerprint density at radius 2 is 2.17 bits per heavy atom. The number of nitro groups is 1. The first-order chi connectivity index (χ1) is 11.0. The minimum atomic E-state index is -0.399. The number of para-hydroxylation sites is 1. The monoisotopic (exact) mass is 355 g/mol. The summed E-state index contributed by atoms with van der Waals surface area (Å²) in [6.45, 7) is 4.43. The first-order valence-corrected chi connectivity index (χ1v) is 8.16. The second kappa shape index (κ2) is 9.59. The van der Waals surface area contributed by atoms with Gasteiger partial charge < -0.3 is 10.2 Å². The third-order valence-corrected chi connectivity index (χ3v) is 4.66. The molecule has 1 saturated heterocycles.